The van der Waals surface area contributed by atoms with Gasteiger partial charge in [-0.1, -0.05) is 42.5 Å². The average Bonchev–Trinajstić information content (AvgIpc) is 2.88. The minimum absolute atomic E-state index is 0.151. The van der Waals surface area contributed by atoms with E-state index < -0.39 is 0 Å². The molecule has 2 aliphatic rings. The molecule has 2 aromatic carbocycles. The van der Waals surface area contributed by atoms with Gasteiger partial charge in [-0.2, -0.15) is 0 Å². The molecule has 2 heterocycles. The van der Waals surface area contributed by atoms with Gasteiger partial charge in [0.15, 0.2) is 0 Å². The number of hydrogen-bond acceptors (Lipinski definition) is 5. The highest BCUT2D eigenvalue weighted by atomic mass is 16.5. The molecular weight excluding hydrogens is 414 g/mol. The van der Waals surface area contributed by atoms with Crippen LogP contribution in [0.1, 0.15) is 30.4 Å². The molecule has 0 aromatic heterocycles. The Morgan fingerprint density at radius 3 is 2.36 bits per heavy atom. The second-order valence-corrected chi connectivity index (χ2v) is 9.07. The first kappa shape index (κ1) is 23.7. The van der Waals surface area contributed by atoms with E-state index >= 15 is 0 Å². The van der Waals surface area contributed by atoms with Gasteiger partial charge in [-0.05, 0) is 62.2 Å². The third-order valence-electron chi connectivity index (χ3n) is 6.59. The number of carbonyl (C=O) groups is 1. The zero-order valence-corrected chi connectivity index (χ0v) is 19.6. The number of rotatable bonds is 10. The lowest BCUT2D eigenvalue weighted by Gasteiger charge is -2.31. The van der Waals surface area contributed by atoms with Gasteiger partial charge in [0.25, 0.3) is 0 Å². The number of benzene rings is 2. The lowest BCUT2D eigenvalue weighted by atomic mass is 9.95. The Labute approximate surface area is 197 Å². The Morgan fingerprint density at radius 2 is 1.64 bits per heavy atom. The van der Waals surface area contributed by atoms with Crippen molar-refractivity contribution in [2.45, 2.75) is 32.4 Å². The summed E-state index contributed by atoms with van der Waals surface area (Å²) >= 11 is 0. The van der Waals surface area contributed by atoms with Gasteiger partial charge in [-0.15, -0.1) is 0 Å². The molecule has 1 N–H and O–H groups in total. The predicted octanol–water partition coefficient (Wildman–Crippen LogP) is 3.32. The summed E-state index contributed by atoms with van der Waals surface area (Å²) in [5.41, 5.74) is 2.46. The van der Waals surface area contributed by atoms with E-state index in [1.54, 1.807) is 0 Å². The summed E-state index contributed by atoms with van der Waals surface area (Å²) in [4.78, 5) is 17.4. The molecule has 0 radical (unpaired) electrons. The van der Waals surface area contributed by atoms with Crippen LogP contribution in [0.15, 0.2) is 54.6 Å². The minimum Gasteiger partial charge on any atom is -0.489 e. The number of nitrogens with zero attached hydrogens (tertiary/aromatic N) is 2. The van der Waals surface area contributed by atoms with Gasteiger partial charge in [0.2, 0.25) is 5.91 Å². The van der Waals surface area contributed by atoms with E-state index in [1.807, 2.05) is 18.2 Å². The van der Waals surface area contributed by atoms with Crippen molar-refractivity contribution in [3.05, 3.63) is 65.7 Å². The maximum Gasteiger partial charge on any atom is 0.223 e. The number of likely N-dealkylation sites (tertiary alicyclic amines) is 1. The maximum absolute atomic E-state index is 12.5. The highest BCUT2D eigenvalue weighted by molar-refractivity contribution is 5.78. The van der Waals surface area contributed by atoms with E-state index in [9.17, 15) is 4.79 Å². The van der Waals surface area contributed by atoms with Crippen LogP contribution in [-0.2, 0) is 22.7 Å². The maximum atomic E-state index is 12.5. The molecule has 2 fully saturated rings. The van der Waals surface area contributed by atoms with Crippen LogP contribution < -0.4 is 10.1 Å². The van der Waals surface area contributed by atoms with Crippen LogP contribution in [0.5, 0.6) is 5.75 Å². The monoisotopic (exact) mass is 451 g/mol. The second kappa shape index (κ2) is 12.7. The van der Waals surface area contributed by atoms with E-state index in [0.717, 1.165) is 84.0 Å². The van der Waals surface area contributed by atoms with Gasteiger partial charge in [0.1, 0.15) is 12.4 Å². The topological polar surface area (TPSA) is 54.0 Å². The van der Waals surface area contributed by atoms with Gasteiger partial charge >= 0.3 is 0 Å². The van der Waals surface area contributed by atoms with E-state index in [0.29, 0.717) is 6.61 Å². The van der Waals surface area contributed by atoms with Crippen LogP contribution >= 0.6 is 0 Å². The Hall–Kier alpha value is -2.41. The molecule has 0 saturated carbocycles. The van der Waals surface area contributed by atoms with Crippen molar-refractivity contribution in [2.75, 3.05) is 52.5 Å². The van der Waals surface area contributed by atoms with Crippen molar-refractivity contribution in [2.24, 2.45) is 5.92 Å². The lowest BCUT2D eigenvalue weighted by molar-refractivity contribution is -0.126. The van der Waals surface area contributed by atoms with E-state index in [2.05, 4.69) is 51.5 Å². The number of morpholine rings is 1. The van der Waals surface area contributed by atoms with E-state index in [-0.39, 0.29) is 11.8 Å². The smallest absolute Gasteiger partial charge is 0.223 e. The van der Waals surface area contributed by atoms with Crippen LogP contribution in [0, 0.1) is 5.92 Å². The van der Waals surface area contributed by atoms with Crippen LogP contribution in [-0.4, -0.2) is 68.2 Å². The standard InChI is InChI=1S/C27H37N3O3/c31-27(28-13-4-14-29-17-19-32-20-18-29)25-11-15-30(16-12-25)21-23-7-9-26(10-8-23)33-22-24-5-2-1-3-6-24/h1-3,5-10,25H,4,11-22H2,(H,28,31). The quantitative estimate of drug-likeness (QED) is 0.562. The first-order valence-corrected chi connectivity index (χ1v) is 12.3. The van der Waals surface area contributed by atoms with Gasteiger partial charge in [-0.3, -0.25) is 14.6 Å². The first-order chi connectivity index (χ1) is 16.3. The van der Waals surface area contributed by atoms with Crippen molar-refractivity contribution in [3.63, 3.8) is 0 Å². The molecule has 0 atom stereocenters. The fraction of sp³-hybridized carbons (Fsp3) is 0.519. The highest BCUT2D eigenvalue weighted by Crippen LogP contribution is 2.21. The summed E-state index contributed by atoms with van der Waals surface area (Å²) < 4.78 is 11.3. The normalized spacial score (nSPS) is 18.2. The summed E-state index contributed by atoms with van der Waals surface area (Å²) in [5, 5.41) is 3.16. The van der Waals surface area contributed by atoms with Crippen LogP contribution in [0.2, 0.25) is 0 Å². The Morgan fingerprint density at radius 1 is 0.909 bits per heavy atom. The molecular formula is C27H37N3O3. The second-order valence-electron chi connectivity index (χ2n) is 9.07. The number of amides is 1. The van der Waals surface area contributed by atoms with Gasteiger partial charge < -0.3 is 14.8 Å². The zero-order valence-electron chi connectivity index (χ0n) is 19.6. The molecule has 2 aliphatic heterocycles. The molecule has 0 spiro atoms. The molecule has 2 saturated heterocycles. The van der Waals surface area contributed by atoms with Crippen LogP contribution in [0.3, 0.4) is 0 Å². The summed E-state index contributed by atoms with van der Waals surface area (Å²) in [5.74, 6) is 1.28. The van der Waals surface area contributed by atoms with Crippen LogP contribution in [0.25, 0.3) is 0 Å². The molecule has 1 amide bonds. The summed E-state index contributed by atoms with van der Waals surface area (Å²) in [6.07, 6.45) is 2.89. The molecule has 178 valence electrons. The van der Waals surface area contributed by atoms with Crippen molar-refractivity contribution < 1.29 is 14.3 Å². The third kappa shape index (κ3) is 7.84. The molecule has 33 heavy (non-hydrogen) atoms. The molecule has 4 rings (SSSR count). The molecule has 0 unspecified atom stereocenters. The molecule has 0 aliphatic carbocycles. The average molecular weight is 452 g/mol. The Balaban J connectivity index is 1.11. The molecule has 2 aromatic rings. The highest BCUT2D eigenvalue weighted by Gasteiger charge is 2.24. The van der Waals surface area contributed by atoms with Crippen molar-refractivity contribution in [1.82, 2.24) is 15.1 Å². The van der Waals surface area contributed by atoms with E-state index in [1.165, 1.54) is 11.1 Å². The summed E-state index contributed by atoms with van der Waals surface area (Å²) in [6.45, 7) is 8.94. The van der Waals surface area contributed by atoms with Crippen molar-refractivity contribution in [3.8, 4) is 5.75 Å². The van der Waals surface area contributed by atoms with Gasteiger partial charge in [-0.25, -0.2) is 0 Å². The first-order valence-electron chi connectivity index (χ1n) is 12.3. The SMILES string of the molecule is O=C(NCCCN1CCOCC1)C1CCN(Cc2ccc(OCc3ccccc3)cc2)CC1. The number of ether oxygens (including phenoxy) is 2. The van der Waals surface area contributed by atoms with E-state index in [4.69, 9.17) is 9.47 Å². The number of piperidine rings is 1. The summed E-state index contributed by atoms with van der Waals surface area (Å²) in [7, 11) is 0. The Kier molecular flexibility index (Phi) is 9.16. The largest absolute Gasteiger partial charge is 0.489 e. The minimum atomic E-state index is 0.151. The van der Waals surface area contributed by atoms with Crippen molar-refractivity contribution >= 4 is 5.91 Å². The third-order valence-corrected chi connectivity index (χ3v) is 6.59. The molecule has 0 bridgehead atoms. The fourth-order valence-electron chi connectivity index (χ4n) is 4.53. The van der Waals surface area contributed by atoms with Gasteiger partial charge in [0.05, 0.1) is 13.2 Å². The Bertz CT molecular complexity index is 829. The molecule has 6 nitrogen and oxygen atoms in total. The van der Waals surface area contributed by atoms with Crippen molar-refractivity contribution in [1.29, 1.82) is 0 Å². The summed E-state index contributed by atoms with van der Waals surface area (Å²) in [6, 6.07) is 18.6. The van der Waals surface area contributed by atoms with Gasteiger partial charge in [0, 0.05) is 32.1 Å². The fourth-order valence-corrected chi connectivity index (χ4v) is 4.53. The van der Waals surface area contributed by atoms with Crippen LogP contribution in [0.4, 0.5) is 0 Å². The zero-order chi connectivity index (χ0) is 22.7. The number of nitrogens with one attached hydrogen (secondary N) is 1. The number of hydrogen-bond donors (Lipinski definition) is 1. The lowest BCUT2D eigenvalue weighted by Crippen LogP contribution is -2.41. The predicted molar refractivity (Wildman–Crippen MR) is 130 cm³/mol. The number of carbonyl (C=O) groups excluding carboxylic acids is 1. The molecule has 6 heteroatoms.